The largest absolute Gasteiger partial charge is 0.392 e. The number of aliphatic hydroxyl groups excluding tert-OH is 1. The summed E-state index contributed by atoms with van der Waals surface area (Å²) in [6.45, 7) is 2.23. The van der Waals surface area contributed by atoms with E-state index >= 15 is 0 Å². The van der Waals surface area contributed by atoms with Crippen LogP contribution in [0.25, 0.3) is 0 Å². The van der Waals surface area contributed by atoms with Gasteiger partial charge in [0.15, 0.2) is 0 Å². The predicted octanol–water partition coefficient (Wildman–Crippen LogP) is 1.96. The topological polar surface area (TPSA) is 66.4 Å². The van der Waals surface area contributed by atoms with Crippen molar-refractivity contribution < 1.29 is 13.5 Å². The Bertz CT molecular complexity index is 534. The quantitative estimate of drug-likeness (QED) is 0.868. The SMILES string of the molecule is Cc1ccc(S(=O)(=O)NCC2CCCC2)cc1CO. The van der Waals surface area contributed by atoms with Gasteiger partial charge in [-0.05, 0) is 48.9 Å². The van der Waals surface area contributed by atoms with Crippen LogP contribution in [0.1, 0.15) is 36.8 Å². The summed E-state index contributed by atoms with van der Waals surface area (Å²) < 4.78 is 27.0. The Hall–Kier alpha value is -0.910. The summed E-state index contributed by atoms with van der Waals surface area (Å²) in [5, 5.41) is 9.20. The molecule has 0 bridgehead atoms. The highest BCUT2D eigenvalue weighted by Gasteiger charge is 2.20. The van der Waals surface area contributed by atoms with Gasteiger partial charge in [-0.25, -0.2) is 13.1 Å². The summed E-state index contributed by atoms with van der Waals surface area (Å²) in [5.74, 6) is 0.470. The first-order valence-corrected chi connectivity index (χ1v) is 8.21. The van der Waals surface area contributed by atoms with Crippen molar-refractivity contribution in [2.45, 2.75) is 44.1 Å². The van der Waals surface area contributed by atoms with Gasteiger partial charge in [-0.1, -0.05) is 18.9 Å². The van der Waals surface area contributed by atoms with Crippen molar-refractivity contribution >= 4 is 10.0 Å². The third-order valence-corrected chi connectivity index (χ3v) is 5.26. The molecule has 4 nitrogen and oxygen atoms in total. The van der Waals surface area contributed by atoms with Crippen molar-refractivity contribution in [2.24, 2.45) is 5.92 Å². The average molecular weight is 283 g/mol. The van der Waals surface area contributed by atoms with Crippen LogP contribution in [-0.2, 0) is 16.6 Å². The lowest BCUT2D eigenvalue weighted by Gasteiger charge is -2.12. The first kappa shape index (κ1) is 14.5. The van der Waals surface area contributed by atoms with Gasteiger partial charge in [0.2, 0.25) is 10.0 Å². The summed E-state index contributed by atoms with van der Waals surface area (Å²) in [6, 6.07) is 4.87. The first-order valence-electron chi connectivity index (χ1n) is 6.73. The Morgan fingerprint density at radius 3 is 2.63 bits per heavy atom. The van der Waals surface area contributed by atoms with Gasteiger partial charge in [0.25, 0.3) is 0 Å². The molecule has 1 saturated carbocycles. The molecule has 1 aliphatic rings. The van der Waals surface area contributed by atoms with Crippen molar-refractivity contribution in [3.63, 3.8) is 0 Å². The van der Waals surface area contributed by atoms with Crippen LogP contribution in [0.15, 0.2) is 23.1 Å². The molecule has 2 N–H and O–H groups in total. The number of aryl methyl sites for hydroxylation is 1. The van der Waals surface area contributed by atoms with E-state index in [-0.39, 0.29) is 11.5 Å². The molecule has 0 unspecified atom stereocenters. The maximum Gasteiger partial charge on any atom is 0.240 e. The van der Waals surface area contributed by atoms with Crippen molar-refractivity contribution in [1.82, 2.24) is 4.72 Å². The second-order valence-corrected chi connectivity index (χ2v) is 7.02. The Balaban J connectivity index is 2.10. The molecular formula is C14H21NO3S. The lowest BCUT2D eigenvalue weighted by Crippen LogP contribution is -2.28. The normalized spacial score (nSPS) is 16.9. The van der Waals surface area contributed by atoms with E-state index in [1.165, 1.54) is 12.8 Å². The molecule has 0 amide bonds. The van der Waals surface area contributed by atoms with Crippen molar-refractivity contribution in [1.29, 1.82) is 0 Å². The second kappa shape index (κ2) is 6.03. The first-order chi connectivity index (χ1) is 9.03. The van der Waals surface area contributed by atoms with Gasteiger partial charge in [0, 0.05) is 6.54 Å². The van der Waals surface area contributed by atoms with Crippen LogP contribution in [0, 0.1) is 12.8 Å². The molecule has 0 atom stereocenters. The molecule has 5 heteroatoms. The Morgan fingerprint density at radius 1 is 1.32 bits per heavy atom. The Kier molecular flexibility index (Phi) is 4.60. The highest BCUT2D eigenvalue weighted by Crippen LogP contribution is 2.24. The van der Waals surface area contributed by atoms with E-state index < -0.39 is 10.0 Å². The van der Waals surface area contributed by atoms with Crippen molar-refractivity contribution in [3.8, 4) is 0 Å². The number of rotatable bonds is 5. The van der Waals surface area contributed by atoms with Crippen LogP contribution in [0.5, 0.6) is 0 Å². The van der Waals surface area contributed by atoms with E-state index in [0.29, 0.717) is 18.0 Å². The second-order valence-electron chi connectivity index (χ2n) is 5.25. The van der Waals surface area contributed by atoms with Crippen molar-refractivity contribution in [3.05, 3.63) is 29.3 Å². The van der Waals surface area contributed by atoms with E-state index in [0.717, 1.165) is 18.4 Å². The summed E-state index contributed by atoms with van der Waals surface area (Å²) >= 11 is 0. The molecule has 1 aliphatic carbocycles. The predicted molar refractivity (Wildman–Crippen MR) is 74.2 cm³/mol. The van der Waals surface area contributed by atoms with Gasteiger partial charge in [-0.2, -0.15) is 0 Å². The Labute approximate surface area is 114 Å². The zero-order valence-electron chi connectivity index (χ0n) is 11.2. The summed E-state index contributed by atoms with van der Waals surface area (Å²) in [4.78, 5) is 0.236. The maximum absolute atomic E-state index is 12.2. The van der Waals surface area contributed by atoms with Crippen LogP contribution in [0.3, 0.4) is 0 Å². The molecule has 1 aromatic carbocycles. The molecule has 0 saturated heterocycles. The molecule has 0 aliphatic heterocycles. The van der Waals surface area contributed by atoms with Crippen LogP contribution in [0.2, 0.25) is 0 Å². The number of hydrogen-bond donors (Lipinski definition) is 2. The summed E-state index contributed by atoms with van der Waals surface area (Å²) in [6.07, 6.45) is 4.62. The average Bonchev–Trinajstić information content (AvgIpc) is 2.90. The zero-order chi connectivity index (χ0) is 13.9. The van der Waals surface area contributed by atoms with Crippen LogP contribution in [0.4, 0.5) is 0 Å². The smallest absolute Gasteiger partial charge is 0.240 e. The third kappa shape index (κ3) is 3.55. The molecule has 2 rings (SSSR count). The highest BCUT2D eigenvalue weighted by atomic mass is 32.2. The molecule has 1 fully saturated rings. The zero-order valence-corrected chi connectivity index (χ0v) is 12.0. The lowest BCUT2D eigenvalue weighted by molar-refractivity contribution is 0.280. The van der Waals surface area contributed by atoms with E-state index in [4.69, 9.17) is 0 Å². The van der Waals surface area contributed by atoms with E-state index in [1.54, 1.807) is 18.2 Å². The number of sulfonamides is 1. The molecule has 0 aromatic heterocycles. The van der Waals surface area contributed by atoms with E-state index in [2.05, 4.69) is 4.72 Å². The minimum atomic E-state index is -3.46. The number of hydrogen-bond acceptors (Lipinski definition) is 3. The molecule has 0 heterocycles. The standard InChI is InChI=1S/C14H21NO3S/c1-11-6-7-14(8-13(11)10-16)19(17,18)15-9-12-4-2-3-5-12/h6-8,12,15-16H,2-5,9-10H2,1H3. The van der Waals surface area contributed by atoms with Gasteiger partial charge < -0.3 is 5.11 Å². The highest BCUT2D eigenvalue weighted by molar-refractivity contribution is 7.89. The third-order valence-electron chi connectivity index (χ3n) is 3.84. The molecule has 0 spiro atoms. The Morgan fingerprint density at radius 2 is 2.00 bits per heavy atom. The van der Waals surface area contributed by atoms with Gasteiger partial charge >= 0.3 is 0 Å². The van der Waals surface area contributed by atoms with E-state index in [9.17, 15) is 13.5 Å². The van der Waals surface area contributed by atoms with Gasteiger partial charge in [0.1, 0.15) is 0 Å². The van der Waals surface area contributed by atoms with Gasteiger partial charge in [0.05, 0.1) is 11.5 Å². The molecule has 106 valence electrons. The summed E-state index contributed by atoms with van der Waals surface area (Å²) in [7, 11) is -3.46. The van der Waals surface area contributed by atoms with Crippen LogP contribution < -0.4 is 4.72 Å². The van der Waals surface area contributed by atoms with Crippen LogP contribution >= 0.6 is 0 Å². The molecule has 0 radical (unpaired) electrons. The van der Waals surface area contributed by atoms with Crippen LogP contribution in [-0.4, -0.2) is 20.1 Å². The van der Waals surface area contributed by atoms with E-state index in [1.807, 2.05) is 6.92 Å². The lowest BCUT2D eigenvalue weighted by atomic mass is 10.1. The fourth-order valence-electron chi connectivity index (χ4n) is 2.51. The minimum Gasteiger partial charge on any atom is -0.392 e. The molecule has 19 heavy (non-hydrogen) atoms. The van der Waals surface area contributed by atoms with Crippen molar-refractivity contribution in [2.75, 3.05) is 6.54 Å². The summed E-state index contributed by atoms with van der Waals surface area (Å²) in [5.41, 5.74) is 1.56. The number of aliphatic hydroxyl groups is 1. The fourth-order valence-corrected chi connectivity index (χ4v) is 3.68. The monoisotopic (exact) mass is 283 g/mol. The molecular weight excluding hydrogens is 262 g/mol. The number of benzene rings is 1. The van der Waals surface area contributed by atoms with Gasteiger partial charge in [-0.3, -0.25) is 0 Å². The maximum atomic E-state index is 12.2. The van der Waals surface area contributed by atoms with Gasteiger partial charge in [-0.15, -0.1) is 0 Å². The molecule has 1 aromatic rings. The fraction of sp³-hybridized carbons (Fsp3) is 0.571. The number of nitrogens with one attached hydrogen (secondary N) is 1. The minimum absolute atomic E-state index is 0.141.